The third-order valence-electron chi connectivity index (χ3n) is 3.91. The molecule has 0 fully saturated rings. The second-order valence-corrected chi connectivity index (χ2v) is 6.94. The molecule has 10 heteroatoms. The first-order valence-electron chi connectivity index (χ1n) is 8.38. The third-order valence-corrected chi connectivity index (χ3v) is 4.79. The van der Waals surface area contributed by atoms with Crippen molar-refractivity contribution in [1.82, 2.24) is 25.0 Å². The van der Waals surface area contributed by atoms with Crippen molar-refractivity contribution in [1.29, 1.82) is 5.26 Å². The summed E-state index contributed by atoms with van der Waals surface area (Å²) in [6.45, 7) is 1.84. The zero-order chi connectivity index (χ0) is 20.4. The van der Waals surface area contributed by atoms with Crippen LogP contribution in [0.1, 0.15) is 21.1 Å². The van der Waals surface area contributed by atoms with Gasteiger partial charge in [0.25, 0.3) is 5.91 Å². The highest BCUT2D eigenvalue weighted by Crippen LogP contribution is 2.30. The van der Waals surface area contributed by atoms with Crippen LogP contribution in [-0.4, -0.2) is 30.9 Å². The molecule has 0 saturated carbocycles. The Morgan fingerprint density at radius 2 is 2.07 bits per heavy atom. The molecule has 4 aromatic rings. The minimum absolute atomic E-state index is 0.0968. The van der Waals surface area contributed by atoms with Crippen LogP contribution in [-0.2, 0) is 0 Å². The van der Waals surface area contributed by atoms with E-state index in [1.807, 2.05) is 19.1 Å². The van der Waals surface area contributed by atoms with Crippen molar-refractivity contribution in [3.05, 3.63) is 70.7 Å². The number of hydrogen-bond donors (Lipinski definition) is 1. The summed E-state index contributed by atoms with van der Waals surface area (Å²) in [6.07, 6.45) is 1.27. The number of carbonyl (C=O) groups excluding carboxylic acids is 1. The molecule has 1 aromatic carbocycles. The van der Waals surface area contributed by atoms with Gasteiger partial charge in [0.05, 0.1) is 17.6 Å². The lowest BCUT2D eigenvalue weighted by Gasteiger charge is -2.05. The van der Waals surface area contributed by atoms with Crippen molar-refractivity contribution < 1.29 is 9.18 Å². The fraction of sp³-hybridized carbons (Fsp3) is 0.0526. The molecular formula is C19H12FN7OS. The number of benzene rings is 1. The Morgan fingerprint density at radius 1 is 1.24 bits per heavy atom. The summed E-state index contributed by atoms with van der Waals surface area (Å²) in [4.78, 5) is 21.8. The van der Waals surface area contributed by atoms with E-state index in [0.29, 0.717) is 22.0 Å². The molecule has 8 nitrogen and oxygen atoms in total. The fourth-order valence-corrected chi connectivity index (χ4v) is 3.41. The second kappa shape index (κ2) is 7.57. The number of rotatable bonds is 4. The van der Waals surface area contributed by atoms with Gasteiger partial charge in [0, 0.05) is 5.69 Å². The Labute approximate surface area is 168 Å². The van der Waals surface area contributed by atoms with Gasteiger partial charge in [-0.05, 0) is 37.3 Å². The van der Waals surface area contributed by atoms with Crippen molar-refractivity contribution in [3.63, 3.8) is 0 Å². The molecule has 0 aliphatic rings. The highest BCUT2D eigenvalue weighted by atomic mass is 32.1. The quantitative estimate of drug-likeness (QED) is 0.558. The molecule has 0 aliphatic carbocycles. The minimum atomic E-state index is -0.541. The molecule has 0 atom stereocenters. The molecule has 142 valence electrons. The van der Waals surface area contributed by atoms with E-state index in [1.165, 1.54) is 29.1 Å². The number of nitrogens with zero attached hydrogens (tertiary/aromatic N) is 6. The van der Waals surface area contributed by atoms with Gasteiger partial charge in [-0.15, -0.1) is 5.10 Å². The molecular weight excluding hydrogens is 393 g/mol. The van der Waals surface area contributed by atoms with E-state index in [0.717, 1.165) is 17.0 Å². The van der Waals surface area contributed by atoms with Crippen molar-refractivity contribution in [2.75, 3.05) is 5.32 Å². The summed E-state index contributed by atoms with van der Waals surface area (Å²) in [5.74, 6) is -1.00. The first-order chi connectivity index (χ1) is 14.0. The number of aryl methyl sites for hydroxylation is 1. The first-order valence-corrected chi connectivity index (χ1v) is 9.20. The maximum Gasteiger partial charge on any atom is 0.277 e. The lowest BCUT2D eigenvalue weighted by atomic mass is 10.2. The lowest BCUT2D eigenvalue weighted by Crippen LogP contribution is -2.17. The summed E-state index contributed by atoms with van der Waals surface area (Å²) >= 11 is 1.04. The highest BCUT2D eigenvalue weighted by Gasteiger charge is 2.19. The maximum absolute atomic E-state index is 13.5. The lowest BCUT2D eigenvalue weighted by molar-refractivity contribution is 0.101. The first kappa shape index (κ1) is 18.4. The van der Waals surface area contributed by atoms with Crippen molar-refractivity contribution >= 4 is 22.4 Å². The van der Waals surface area contributed by atoms with E-state index in [-0.39, 0.29) is 10.8 Å². The molecule has 3 heterocycles. The zero-order valence-corrected chi connectivity index (χ0v) is 15.8. The topological polar surface area (TPSA) is 109 Å². The van der Waals surface area contributed by atoms with Crippen LogP contribution in [0.5, 0.6) is 0 Å². The van der Waals surface area contributed by atoms with Gasteiger partial charge in [-0.3, -0.25) is 15.1 Å². The van der Waals surface area contributed by atoms with E-state index in [4.69, 9.17) is 0 Å². The summed E-state index contributed by atoms with van der Waals surface area (Å²) in [5.41, 5.74) is 2.18. The Hall–Kier alpha value is -3.97. The minimum Gasteiger partial charge on any atom is -0.296 e. The molecule has 0 bridgehead atoms. The zero-order valence-electron chi connectivity index (χ0n) is 15.0. The van der Waals surface area contributed by atoms with E-state index >= 15 is 0 Å². The van der Waals surface area contributed by atoms with Gasteiger partial charge >= 0.3 is 0 Å². The second-order valence-electron chi connectivity index (χ2n) is 5.94. The van der Waals surface area contributed by atoms with Crippen LogP contribution >= 0.6 is 11.3 Å². The summed E-state index contributed by atoms with van der Waals surface area (Å²) in [7, 11) is 0. The summed E-state index contributed by atoms with van der Waals surface area (Å²) in [6, 6.07) is 13.1. The molecule has 1 N–H and O–H groups in total. The highest BCUT2D eigenvalue weighted by molar-refractivity contribution is 7.16. The molecule has 0 saturated heterocycles. The van der Waals surface area contributed by atoms with Gasteiger partial charge in [0.2, 0.25) is 0 Å². The predicted molar refractivity (Wildman–Crippen MR) is 104 cm³/mol. The molecule has 29 heavy (non-hydrogen) atoms. The molecule has 1 amide bonds. The Balaban J connectivity index is 1.64. The number of anilines is 1. The molecule has 4 rings (SSSR count). The number of halogens is 1. The van der Waals surface area contributed by atoms with Crippen molar-refractivity contribution in [3.8, 4) is 23.1 Å². The van der Waals surface area contributed by atoms with Crippen LogP contribution in [0.25, 0.3) is 17.1 Å². The summed E-state index contributed by atoms with van der Waals surface area (Å²) in [5, 5.41) is 19.9. The number of carbonyl (C=O) groups is 1. The van der Waals surface area contributed by atoms with E-state index < -0.39 is 11.7 Å². The fourth-order valence-electron chi connectivity index (χ4n) is 2.65. The van der Waals surface area contributed by atoms with Crippen LogP contribution in [0.4, 0.5) is 9.52 Å². The largest absolute Gasteiger partial charge is 0.296 e. The summed E-state index contributed by atoms with van der Waals surface area (Å²) < 4.78 is 14.7. The number of nitriles is 1. The van der Waals surface area contributed by atoms with Crippen LogP contribution in [0.2, 0.25) is 0 Å². The van der Waals surface area contributed by atoms with Crippen molar-refractivity contribution in [2.45, 2.75) is 6.92 Å². The van der Waals surface area contributed by atoms with E-state index in [9.17, 15) is 14.4 Å². The van der Waals surface area contributed by atoms with Crippen LogP contribution in [0.3, 0.4) is 0 Å². The smallest absolute Gasteiger partial charge is 0.277 e. The van der Waals surface area contributed by atoms with E-state index in [1.54, 1.807) is 12.1 Å². The average Bonchev–Trinajstić information content (AvgIpc) is 3.35. The molecule has 0 aliphatic heterocycles. The van der Waals surface area contributed by atoms with Crippen molar-refractivity contribution in [2.24, 2.45) is 0 Å². The Morgan fingerprint density at radius 3 is 2.83 bits per heavy atom. The average molecular weight is 405 g/mol. The molecule has 0 spiro atoms. The van der Waals surface area contributed by atoms with Crippen LogP contribution < -0.4 is 5.32 Å². The number of amides is 1. The number of hydrogen-bond acceptors (Lipinski definition) is 7. The molecule has 3 aromatic heterocycles. The van der Waals surface area contributed by atoms with Crippen LogP contribution in [0, 0.1) is 24.1 Å². The third kappa shape index (κ3) is 3.71. The number of pyridine rings is 1. The van der Waals surface area contributed by atoms with Crippen LogP contribution in [0.15, 0.2) is 48.7 Å². The monoisotopic (exact) mass is 405 g/mol. The Bertz CT molecular complexity index is 1260. The van der Waals surface area contributed by atoms with Gasteiger partial charge in [0.15, 0.2) is 10.8 Å². The predicted octanol–water partition coefficient (Wildman–Crippen LogP) is 3.36. The van der Waals surface area contributed by atoms with E-state index in [2.05, 4.69) is 31.7 Å². The van der Waals surface area contributed by atoms with Gasteiger partial charge in [-0.2, -0.15) is 5.26 Å². The number of thiazole rings is 1. The maximum atomic E-state index is 13.5. The molecule has 0 radical (unpaired) electrons. The molecule has 0 unspecified atom stereocenters. The number of nitrogens with one attached hydrogen (secondary N) is 1. The van der Waals surface area contributed by atoms with Gasteiger partial charge in [-0.25, -0.2) is 14.1 Å². The normalized spacial score (nSPS) is 10.5. The SMILES string of the molecule is Cc1cccc(-c2nc(NC(=O)c3cnnn3-c3cccc(F)c3)sc2C#N)n1. The Kier molecular flexibility index (Phi) is 4.80. The van der Waals surface area contributed by atoms with Gasteiger partial charge in [-0.1, -0.05) is 28.7 Å². The van der Waals surface area contributed by atoms with Gasteiger partial charge in [0.1, 0.15) is 22.5 Å². The standard InChI is InChI=1S/C19H12FN7OS/c1-11-4-2-7-14(23-11)17-16(9-21)29-19(24-17)25-18(28)15-10-22-26-27(15)13-6-3-5-12(20)8-13/h2-8,10H,1H3,(H,24,25,28). The number of aromatic nitrogens is 5. The van der Waals surface area contributed by atoms with Gasteiger partial charge < -0.3 is 0 Å².